The van der Waals surface area contributed by atoms with Crippen molar-refractivity contribution in [1.29, 1.82) is 0 Å². The van der Waals surface area contributed by atoms with Gasteiger partial charge in [0.15, 0.2) is 0 Å². The van der Waals surface area contributed by atoms with E-state index in [4.69, 9.17) is 0 Å². The Morgan fingerprint density at radius 3 is 2.45 bits per heavy atom. The van der Waals surface area contributed by atoms with Crippen molar-refractivity contribution in [1.82, 2.24) is 4.90 Å². The second-order valence-corrected chi connectivity index (χ2v) is 3.80. The molecule has 66 valence electrons. The molecule has 0 aromatic carbocycles. The molecule has 0 amide bonds. The Hall–Kier alpha value is 0.0500. The highest BCUT2D eigenvalue weighted by atomic mass is 32.2. The van der Waals surface area contributed by atoms with Crippen LogP contribution < -0.4 is 0 Å². The van der Waals surface area contributed by atoms with Crippen molar-refractivity contribution in [3.8, 4) is 0 Å². The molecule has 0 aliphatic heterocycles. The molecule has 0 rings (SSSR count). The van der Waals surface area contributed by atoms with Gasteiger partial charge in [-0.1, -0.05) is 6.08 Å². The Bertz CT molecular complexity index is 119. The van der Waals surface area contributed by atoms with E-state index in [9.17, 15) is 0 Å². The summed E-state index contributed by atoms with van der Waals surface area (Å²) in [4.78, 5) is 3.74. The molecule has 2 heteroatoms. The van der Waals surface area contributed by atoms with Crippen molar-refractivity contribution in [2.45, 2.75) is 19.8 Å². The maximum Gasteiger partial charge on any atom is -0.00215 e. The van der Waals surface area contributed by atoms with Gasteiger partial charge in [0.1, 0.15) is 0 Å². The third-order valence-electron chi connectivity index (χ3n) is 1.61. The summed E-state index contributed by atoms with van der Waals surface area (Å²) >= 11 is 1.86. The van der Waals surface area contributed by atoms with Gasteiger partial charge in [0, 0.05) is 0 Å². The molecule has 0 saturated carbocycles. The number of hydrogen-bond acceptors (Lipinski definition) is 2. The smallest absolute Gasteiger partial charge is 0.00215 e. The maximum absolute atomic E-state index is 2.23. The minimum atomic E-state index is 1.19. The van der Waals surface area contributed by atoms with Gasteiger partial charge in [-0.25, -0.2) is 0 Å². The van der Waals surface area contributed by atoms with E-state index in [1.807, 2.05) is 11.8 Å². The van der Waals surface area contributed by atoms with Crippen LogP contribution in [0.5, 0.6) is 0 Å². The number of allylic oxidation sites excluding steroid dienone is 2. The Balaban J connectivity index is 3.37. The van der Waals surface area contributed by atoms with Gasteiger partial charge in [-0.2, -0.15) is 0 Å². The fraction of sp³-hybridized carbons (Fsp3) is 0.778. The van der Waals surface area contributed by atoms with E-state index < -0.39 is 0 Å². The van der Waals surface area contributed by atoms with Crippen LogP contribution in [-0.4, -0.2) is 31.8 Å². The van der Waals surface area contributed by atoms with E-state index in [-0.39, 0.29) is 0 Å². The third-order valence-corrected chi connectivity index (χ3v) is 2.58. The summed E-state index contributed by atoms with van der Waals surface area (Å²) < 4.78 is 0. The molecule has 1 nitrogen and oxygen atoms in total. The monoisotopic (exact) mass is 173 g/mol. The lowest BCUT2D eigenvalue weighted by molar-refractivity contribution is 0.401. The quantitative estimate of drug-likeness (QED) is 0.628. The number of thioether (sulfide) groups is 1. The molecule has 0 unspecified atom stereocenters. The molecule has 0 aliphatic carbocycles. The van der Waals surface area contributed by atoms with E-state index in [2.05, 4.69) is 38.3 Å². The van der Waals surface area contributed by atoms with Crippen molar-refractivity contribution in [3.05, 3.63) is 11.0 Å². The third kappa shape index (κ3) is 6.45. The van der Waals surface area contributed by atoms with Gasteiger partial charge in [-0.05, 0) is 51.6 Å². The van der Waals surface area contributed by atoms with Gasteiger partial charge in [0.25, 0.3) is 0 Å². The molecular formula is C9H19NS. The first-order valence-corrected chi connectivity index (χ1v) is 5.27. The van der Waals surface area contributed by atoms with Gasteiger partial charge in [-0.15, -0.1) is 11.8 Å². The Labute approximate surface area is 74.9 Å². The van der Waals surface area contributed by atoms with Crippen molar-refractivity contribution >= 4 is 11.8 Å². The predicted molar refractivity (Wildman–Crippen MR) is 55.1 cm³/mol. The first-order chi connectivity index (χ1) is 5.20. The van der Waals surface area contributed by atoms with Gasteiger partial charge >= 0.3 is 0 Å². The van der Waals surface area contributed by atoms with Gasteiger partial charge in [0.2, 0.25) is 0 Å². The Morgan fingerprint density at radius 2 is 2.09 bits per heavy atom. The van der Waals surface area contributed by atoms with Crippen LogP contribution in [0.2, 0.25) is 0 Å². The average Bonchev–Trinajstić information content (AvgIpc) is 1.98. The lowest BCUT2D eigenvalue weighted by Crippen LogP contribution is -2.12. The molecule has 11 heavy (non-hydrogen) atoms. The number of rotatable bonds is 5. The average molecular weight is 173 g/mol. The normalized spacial score (nSPS) is 12.6. The zero-order valence-corrected chi connectivity index (χ0v) is 8.87. The van der Waals surface area contributed by atoms with Crippen LogP contribution in [0.3, 0.4) is 0 Å². The molecule has 0 aromatic rings. The molecule has 0 saturated heterocycles. The molecule has 0 aromatic heterocycles. The zero-order valence-electron chi connectivity index (χ0n) is 8.05. The molecule has 0 N–H and O–H groups in total. The fourth-order valence-corrected chi connectivity index (χ4v) is 1.52. The molecular weight excluding hydrogens is 154 g/mol. The molecule has 0 spiro atoms. The standard InChI is InChI=1S/C9H19NS/c1-5-9(11-4)7-6-8-10(2)3/h5H,6-8H2,1-4H3/b9-5-. The highest BCUT2D eigenvalue weighted by molar-refractivity contribution is 8.02. The second kappa shape index (κ2) is 6.74. The van der Waals surface area contributed by atoms with Crippen LogP contribution in [0.1, 0.15) is 19.8 Å². The highest BCUT2D eigenvalue weighted by Gasteiger charge is 1.94. The summed E-state index contributed by atoms with van der Waals surface area (Å²) in [6, 6.07) is 0. The minimum absolute atomic E-state index is 1.19. The maximum atomic E-state index is 2.23. The van der Waals surface area contributed by atoms with Crippen LogP contribution in [0.25, 0.3) is 0 Å². The lowest BCUT2D eigenvalue weighted by Gasteiger charge is -2.09. The topological polar surface area (TPSA) is 3.24 Å². The van der Waals surface area contributed by atoms with Gasteiger partial charge in [0.05, 0.1) is 0 Å². The molecule has 0 aliphatic rings. The number of hydrogen-bond donors (Lipinski definition) is 0. The zero-order chi connectivity index (χ0) is 8.69. The fourth-order valence-electron chi connectivity index (χ4n) is 0.934. The summed E-state index contributed by atoms with van der Waals surface area (Å²) in [6.45, 7) is 3.30. The van der Waals surface area contributed by atoms with E-state index >= 15 is 0 Å². The summed E-state index contributed by atoms with van der Waals surface area (Å²) in [5.41, 5.74) is 0. The van der Waals surface area contributed by atoms with E-state index in [0.29, 0.717) is 0 Å². The van der Waals surface area contributed by atoms with Gasteiger partial charge in [-0.3, -0.25) is 0 Å². The van der Waals surface area contributed by atoms with Crippen molar-refractivity contribution in [2.24, 2.45) is 0 Å². The largest absolute Gasteiger partial charge is 0.309 e. The minimum Gasteiger partial charge on any atom is -0.309 e. The molecule has 0 heterocycles. The summed E-state index contributed by atoms with van der Waals surface area (Å²) in [6.07, 6.45) is 6.86. The number of nitrogens with zero attached hydrogens (tertiary/aromatic N) is 1. The van der Waals surface area contributed by atoms with E-state index in [0.717, 1.165) is 0 Å². The summed E-state index contributed by atoms with van der Waals surface area (Å²) in [7, 11) is 4.24. The first-order valence-electron chi connectivity index (χ1n) is 4.04. The van der Waals surface area contributed by atoms with Crippen LogP contribution in [-0.2, 0) is 0 Å². The SMILES string of the molecule is C/C=C(/CCCN(C)C)SC. The van der Waals surface area contributed by atoms with Crippen LogP contribution in [0.15, 0.2) is 11.0 Å². The summed E-state index contributed by atoms with van der Waals surface area (Å²) in [5.74, 6) is 0. The Morgan fingerprint density at radius 1 is 1.45 bits per heavy atom. The van der Waals surface area contributed by atoms with E-state index in [1.165, 1.54) is 24.3 Å². The van der Waals surface area contributed by atoms with Crippen molar-refractivity contribution < 1.29 is 0 Å². The molecule has 0 atom stereocenters. The van der Waals surface area contributed by atoms with Crippen molar-refractivity contribution in [2.75, 3.05) is 26.9 Å². The summed E-state index contributed by atoms with van der Waals surface area (Å²) in [5, 5.41) is 0. The lowest BCUT2D eigenvalue weighted by atomic mass is 10.3. The predicted octanol–water partition coefficient (Wildman–Crippen LogP) is 2.60. The van der Waals surface area contributed by atoms with E-state index in [1.54, 1.807) is 0 Å². The first kappa shape index (κ1) is 11.1. The molecule has 0 fully saturated rings. The van der Waals surface area contributed by atoms with Crippen LogP contribution in [0.4, 0.5) is 0 Å². The van der Waals surface area contributed by atoms with Crippen molar-refractivity contribution in [3.63, 3.8) is 0 Å². The van der Waals surface area contributed by atoms with Crippen LogP contribution in [0, 0.1) is 0 Å². The van der Waals surface area contributed by atoms with Crippen LogP contribution >= 0.6 is 11.8 Å². The Kier molecular flexibility index (Phi) is 6.77. The van der Waals surface area contributed by atoms with Gasteiger partial charge < -0.3 is 4.90 Å². The highest BCUT2D eigenvalue weighted by Crippen LogP contribution is 2.16. The second-order valence-electron chi connectivity index (χ2n) is 2.87. The molecule has 0 radical (unpaired) electrons. The molecule has 0 bridgehead atoms.